The molecule has 0 atom stereocenters. The molecular weight excluding hydrogens is 360 g/mol. The molecule has 1 heterocycles. The van der Waals surface area contributed by atoms with E-state index in [2.05, 4.69) is 5.32 Å². The monoisotopic (exact) mass is 376 g/mol. The first kappa shape index (κ1) is 18.5. The van der Waals surface area contributed by atoms with Crippen LogP contribution in [0.25, 0.3) is 17.4 Å². The Bertz CT molecular complexity index is 1000. The average molecular weight is 377 g/mol. The van der Waals surface area contributed by atoms with Crippen molar-refractivity contribution in [2.24, 2.45) is 0 Å². The Morgan fingerprint density at radius 1 is 1.07 bits per heavy atom. The second-order valence-corrected chi connectivity index (χ2v) is 6.25. The van der Waals surface area contributed by atoms with Crippen LogP contribution in [0, 0.1) is 11.3 Å². The van der Waals surface area contributed by atoms with E-state index in [4.69, 9.17) is 16.0 Å². The van der Waals surface area contributed by atoms with Gasteiger partial charge in [0.25, 0.3) is 5.91 Å². The van der Waals surface area contributed by atoms with Gasteiger partial charge in [0.2, 0.25) is 0 Å². The number of rotatable bonds is 6. The molecule has 0 radical (unpaired) electrons. The average Bonchev–Trinajstić information content (AvgIpc) is 3.15. The van der Waals surface area contributed by atoms with Gasteiger partial charge < -0.3 is 9.73 Å². The number of amides is 1. The lowest BCUT2D eigenvalue weighted by Gasteiger charge is -2.04. The number of halogens is 1. The molecule has 1 amide bonds. The molecule has 1 N–H and O–H groups in total. The Morgan fingerprint density at radius 3 is 2.56 bits per heavy atom. The van der Waals surface area contributed by atoms with Gasteiger partial charge in [0.05, 0.1) is 5.02 Å². The van der Waals surface area contributed by atoms with E-state index in [0.29, 0.717) is 29.5 Å². The molecule has 0 saturated carbocycles. The highest BCUT2D eigenvalue weighted by Crippen LogP contribution is 2.29. The third-order valence-corrected chi connectivity index (χ3v) is 4.29. The first-order valence-corrected chi connectivity index (χ1v) is 8.84. The summed E-state index contributed by atoms with van der Waals surface area (Å²) < 4.78 is 5.71. The van der Waals surface area contributed by atoms with E-state index in [1.807, 2.05) is 54.6 Å². The first-order chi connectivity index (χ1) is 13.2. The van der Waals surface area contributed by atoms with Gasteiger partial charge in [-0.1, -0.05) is 54.1 Å². The van der Waals surface area contributed by atoms with Gasteiger partial charge in [-0.3, -0.25) is 4.79 Å². The second kappa shape index (κ2) is 8.88. The summed E-state index contributed by atoms with van der Waals surface area (Å²) in [6.07, 6.45) is 2.13. The van der Waals surface area contributed by atoms with Crippen molar-refractivity contribution in [3.05, 3.63) is 88.6 Å². The van der Waals surface area contributed by atoms with Gasteiger partial charge in [0.1, 0.15) is 23.2 Å². The van der Waals surface area contributed by atoms with Crippen molar-refractivity contribution in [1.82, 2.24) is 5.32 Å². The lowest BCUT2D eigenvalue weighted by atomic mass is 10.1. The van der Waals surface area contributed by atoms with Crippen molar-refractivity contribution < 1.29 is 9.21 Å². The molecule has 3 rings (SSSR count). The highest BCUT2D eigenvalue weighted by Gasteiger charge is 2.11. The third kappa shape index (κ3) is 4.87. The van der Waals surface area contributed by atoms with Gasteiger partial charge in [0, 0.05) is 18.2 Å². The fraction of sp³-hybridized carbons (Fsp3) is 0.0909. The molecule has 0 unspecified atom stereocenters. The summed E-state index contributed by atoms with van der Waals surface area (Å²) in [4.78, 5) is 12.2. The summed E-state index contributed by atoms with van der Waals surface area (Å²) in [6, 6.07) is 22.5. The highest BCUT2D eigenvalue weighted by molar-refractivity contribution is 6.33. The van der Waals surface area contributed by atoms with Crippen molar-refractivity contribution in [2.45, 2.75) is 6.42 Å². The molecule has 5 heteroatoms. The molecule has 3 aromatic rings. The van der Waals surface area contributed by atoms with E-state index in [1.165, 1.54) is 6.08 Å². The van der Waals surface area contributed by atoms with Crippen LogP contribution in [0.15, 0.2) is 76.7 Å². The Kier molecular flexibility index (Phi) is 6.09. The van der Waals surface area contributed by atoms with Crippen molar-refractivity contribution >= 4 is 23.6 Å². The number of nitrogens with one attached hydrogen (secondary N) is 1. The summed E-state index contributed by atoms with van der Waals surface area (Å²) in [6.45, 7) is 0.449. The second-order valence-electron chi connectivity index (χ2n) is 5.84. The van der Waals surface area contributed by atoms with Crippen molar-refractivity contribution in [3.63, 3.8) is 0 Å². The minimum Gasteiger partial charge on any atom is -0.457 e. The Hall–Kier alpha value is -3.29. The molecule has 0 aliphatic carbocycles. The van der Waals surface area contributed by atoms with Crippen molar-refractivity contribution in [1.29, 1.82) is 5.26 Å². The Morgan fingerprint density at radius 2 is 1.81 bits per heavy atom. The van der Waals surface area contributed by atoms with Crippen molar-refractivity contribution in [3.8, 4) is 17.4 Å². The van der Waals surface area contributed by atoms with Crippen LogP contribution in [0.5, 0.6) is 0 Å². The van der Waals surface area contributed by atoms with Crippen LogP contribution in [0.4, 0.5) is 0 Å². The predicted octanol–water partition coefficient (Wildman–Crippen LogP) is 4.87. The number of hydrogen-bond donors (Lipinski definition) is 1. The number of furan rings is 1. The fourth-order valence-electron chi connectivity index (χ4n) is 2.59. The van der Waals surface area contributed by atoms with Crippen LogP contribution in [-0.2, 0) is 11.2 Å². The molecule has 134 valence electrons. The van der Waals surface area contributed by atoms with Gasteiger partial charge in [-0.05, 0) is 36.2 Å². The smallest absolute Gasteiger partial charge is 0.262 e. The Labute approximate surface area is 162 Å². The van der Waals surface area contributed by atoms with Gasteiger partial charge in [0.15, 0.2) is 0 Å². The highest BCUT2D eigenvalue weighted by atomic mass is 35.5. The van der Waals surface area contributed by atoms with Gasteiger partial charge in [-0.2, -0.15) is 5.26 Å². The minimum absolute atomic E-state index is 0.0110. The SMILES string of the molecule is N#C/C(=C\c1ccc(-c2ccccc2Cl)o1)C(=O)NCCc1ccccc1. The number of carbonyl (C=O) groups is 1. The third-order valence-electron chi connectivity index (χ3n) is 3.96. The fourth-order valence-corrected chi connectivity index (χ4v) is 2.82. The Balaban J connectivity index is 1.66. The first-order valence-electron chi connectivity index (χ1n) is 8.46. The molecule has 0 aliphatic heterocycles. The zero-order valence-electron chi connectivity index (χ0n) is 14.5. The van der Waals surface area contributed by atoms with E-state index in [1.54, 1.807) is 18.2 Å². The van der Waals surface area contributed by atoms with Crippen LogP contribution < -0.4 is 5.32 Å². The number of hydrogen-bond acceptors (Lipinski definition) is 3. The summed E-state index contributed by atoms with van der Waals surface area (Å²) >= 11 is 6.17. The summed E-state index contributed by atoms with van der Waals surface area (Å²) in [7, 11) is 0. The summed E-state index contributed by atoms with van der Waals surface area (Å²) in [5, 5.41) is 12.6. The van der Waals surface area contributed by atoms with E-state index >= 15 is 0 Å². The van der Waals surface area contributed by atoms with Crippen LogP contribution in [0.2, 0.25) is 5.02 Å². The summed E-state index contributed by atoms with van der Waals surface area (Å²) in [5.41, 5.74) is 1.86. The lowest BCUT2D eigenvalue weighted by molar-refractivity contribution is -0.117. The normalized spacial score (nSPS) is 11.0. The van der Waals surface area contributed by atoms with Gasteiger partial charge >= 0.3 is 0 Å². The van der Waals surface area contributed by atoms with Crippen LogP contribution in [-0.4, -0.2) is 12.5 Å². The zero-order chi connectivity index (χ0) is 19.1. The topological polar surface area (TPSA) is 66.0 Å². The molecule has 27 heavy (non-hydrogen) atoms. The zero-order valence-corrected chi connectivity index (χ0v) is 15.2. The molecule has 4 nitrogen and oxygen atoms in total. The largest absolute Gasteiger partial charge is 0.457 e. The maximum Gasteiger partial charge on any atom is 0.262 e. The predicted molar refractivity (Wildman–Crippen MR) is 106 cm³/mol. The maximum atomic E-state index is 12.2. The van der Waals surface area contributed by atoms with E-state index in [9.17, 15) is 10.1 Å². The van der Waals surface area contributed by atoms with Gasteiger partial charge in [-0.25, -0.2) is 0 Å². The lowest BCUT2D eigenvalue weighted by Crippen LogP contribution is -2.26. The number of carbonyl (C=O) groups excluding carboxylic acids is 1. The van der Waals surface area contributed by atoms with E-state index in [0.717, 1.165) is 11.1 Å². The molecule has 2 aromatic carbocycles. The summed E-state index contributed by atoms with van der Waals surface area (Å²) in [5.74, 6) is 0.567. The standard InChI is InChI=1S/C22H17ClN2O2/c23-20-9-5-4-8-19(20)21-11-10-18(27-21)14-17(15-24)22(26)25-13-12-16-6-2-1-3-7-16/h1-11,14H,12-13H2,(H,25,26)/b17-14+. The number of benzene rings is 2. The van der Waals surface area contributed by atoms with Gasteiger partial charge in [-0.15, -0.1) is 0 Å². The number of nitrogens with zero attached hydrogens (tertiary/aromatic N) is 1. The molecule has 0 bridgehead atoms. The molecule has 0 fully saturated rings. The van der Waals surface area contributed by atoms with Crippen LogP contribution in [0.1, 0.15) is 11.3 Å². The van der Waals surface area contributed by atoms with E-state index < -0.39 is 5.91 Å². The van der Waals surface area contributed by atoms with Crippen LogP contribution >= 0.6 is 11.6 Å². The molecule has 0 saturated heterocycles. The van der Waals surface area contributed by atoms with Crippen molar-refractivity contribution in [2.75, 3.05) is 6.54 Å². The molecule has 0 aliphatic rings. The minimum atomic E-state index is -0.427. The maximum absolute atomic E-state index is 12.2. The number of nitriles is 1. The molecule has 0 spiro atoms. The quantitative estimate of drug-likeness (QED) is 0.493. The molecular formula is C22H17ClN2O2. The molecule has 1 aromatic heterocycles. The van der Waals surface area contributed by atoms with Crippen LogP contribution in [0.3, 0.4) is 0 Å². The van der Waals surface area contributed by atoms with E-state index in [-0.39, 0.29) is 5.57 Å².